The number of H-pyrrole nitrogens is 1. The van der Waals surface area contributed by atoms with Gasteiger partial charge in [0, 0.05) is 36.1 Å². The minimum atomic E-state index is -3.37. The van der Waals surface area contributed by atoms with E-state index < -0.39 is 16.0 Å². The van der Waals surface area contributed by atoms with Crippen molar-refractivity contribution >= 4 is 38.4 Å². The monoisotopic (exact) mass is 414 g/mol. The van der Waals surface area contributed by atoms with Crippen LogP contribution in [0.1, 0.15) is 22.3 Å². The van der Waals surface area contributed by atoms with Crippen LogP contribution < -0.4 is 4.31 Å². The van der Waals surface area contributed by atoms with Crippen molar-refractivity contribution in [3.05, 3.63) is 65.9 Å². The molecule has 0 saturated carbocycles. The number of fused-ring (bicyclic) bond motifs is 1. The lowest BCUT2D eigenvalue weighted by atomic mass is 10.1. The summed E-state index contributed by atoms with van der Waals surface area (Å²) >= 11 is 0. The third-order valence-electron chi connectivity index (χ3n) is 4.69. The maximum Gasteiger partial charge on any atom is 0.306 e. The molecule has 0 aliphatic heterocycles. The van der Waals surface area contributed by atoms with Crippen molar-refractivity contribution in [3.63, 3.8) is 0 Å². The number of aromatic amines is 1. The van der Waals surface area contributed by atoms with Gasteiger partial charge in [-0.25, -0.2) is 8.42 Å². The molecular weight excluding hydrogens is 392 g/mol. The van der Waals surface area contributed by atoms with Crippen LogP contribution in [0.3, 0.4) is 0 Å². The van der Waals surface area contributed by atoms with Gasteiger partial charge >= 0.3 is 5.97 Å². The molecule has 1 aromatic heterocycles. The molecule has 0 radical (unpaired) electrons. The lowest BCUT2D eigenvalue weighted by Gasteiger charge is -2.16. The van der Waals surface area contributed by atoms with E-state index in [9.17, 15) is 18.0 Å². The molecule has 0 aliphatic carbocycles. The Morgan fingerprint density at radius 2 is 1.76 bits per heavy atom. The smallest absolute Gasteiger partial charge is 0.306 e. The molecule has 152 valence electrons. The topological polar surface area (TPSA) is 96.5 Å². The van der Waals surface area contributed by atoms with Crippen molar-refractivity contribution in [2.45, 2.75) is 12.8 Å². The van der Waals surface area contributed by atoms with Crippen LogP contribution in [0.25, 0.3) is 10.9 Å². The number of anilines is 1. The minimum Gasteiger partial charge on any atom is -0.457 e. The van der Waals surface area contributed by atoms with Gasteiger partial charge < -0.3 is 9.72 Å². The van der Waals surface area contributed by atoms with Crippen molar-refractivity contribution < 1.29 is 22.7 Å². The highest BCUT2D eigenvalue weighted by Crippen LogP contribution is 2.19. The summed E-state index contributed by atoms with van der Waals surface area (Å²) < 4.78 is 29.3. The highest BCUT2D eigenvalue weighted by Gasteiger charge is 2.14. The van der Waals surface area contributed by atoms with Crippen molar-refractivity contribution in [2.24, 2.45) is 0 Å². The number of rotatable bonds is 8. The van der Waals surface area contributed by atoms with E-state index in [1.165, 1.54) is 31.3 Å². The highest BCUT2D eigenvalue weighted by molar-refractivity contribution is 7.92. The first-order valence-corrected chi connectivity index (χ1v) is 10.9. The first-order chi connectivity index (χ1) is 13.8. The first-order valence-electron chi connectivity index (χ1n) is 9.03. The van der Waals surface area contributed by atoms with Crippen LogP contribution in [0.5, 0.6) is 0 Å². The minimum absolute atomic E-state index is 0.174. The van der Waals surface area contributed by atoms with Crippen LogP contribution in [-0.4, -0.2) is 45.1 Å². The highest BCUT2D eigenvalue weighted by atomic mass is 32.2. The maximum atomic E-state index is 12.2. The van der Waals surface area contributed by atoms with Crippen LogP contribution in [0, 0.1) is 0 Å². The van der Waals surface area contributed by atoms with E-state index >= 15 is 0 Å². The Hall–Kier alpha value is -3.13. The molecule has 0 amide bonds. The van der Waals surface area contributed by atoms with Crippen molar-refractivity contribution in [1.82, 2.24) is 4.98 Å². The summed E-state index contributed by atoms with van der Waals surface area (Å²) in [5.41, 5.74) is 2.82. The number of hydrogen-bond donors (Lipinski definition) is 1. The van der Waals surface area contributed by atoms with Gasteiger partial charge in [0.25, 0.3) is 0 Å². The molecule has 7 nitrogen and oxygen atoms in total. The number of aromatic nitrogens is 1. The lowest BCUT2D eigenvalue weighted by molar-refractivity contribution is -0.142. The van der Waals surface area contributed by atoms with Crippen LogP contribution in [0.2, 0.25) is 0 Å². The van der Waals surface area contributed by atoms with Gasteiger partial charge in [0.1, 0.15) is 0 Å². The second kappa shape index (κ2) is 8.48. The number of carbonyl (C=O) groups is 2. The van der Waals surface area contributed by atoms with E-state index in [-0.39, 0.29) is 18.8 Å². The average molecular weight is 414 g/mol. The number of aryl methyl sites for hydroxylation is 1. The molecular formula is C21H22N2O5S. The number of para-hydroxylation sites is 1. The predicted octanol–water partition coefficient (Wildman–Crippen LogP) is 2.92. The number of ether oxygens (including phenoxy) is 1. The quantitative estimate of drug-likeness (QED) is 0.452. The fourth-order valence-electron chi connectivity index (χ4n) is 2.93. The fraction of sp³-hybridized carbons (Fsp3) is 0.238. The molecule has 0 aliphatic rings. The number of Topliss-reactive ketones (excluding diaryl/α,β-unsaturated/α-hetero) is 1. The third kappa shape index (κ3) is 5.03. The summed E-state index contributed by atoms with van der Waals surface area (Å²) in [6, 6.07) is 13.9. The number of nitrogens with zero attached hydrogens (tertiary/aromatic N) is 1. The van der Waals surface area contributed by atoms with E-state index in [1.807, 2.05) is 30.5 Å². The third-order valence-corrected chi connectivity index (χ3v) is 5.89. The molecule has 0 bridgehead atoms. The summed E-state index contributed by atoms with van der Waals surface area (Å²) in [6.45, 7) is -0.353. The normalized spacial score (nSPS) is 11.4. The van der Waals surface area contributed by atoms with Gasteiger partial charge in [-0.05, 0) is 42.3 Å². The summed E-state index contributed by atoms with van der Waals surface area (Å²) in [4.78, 5) is 27.4. The molecule has 3 aromatic rings. The molecule has 29 heavy (non-hydrogen) atoms. The maximum absolute atomic E-state index is 12.2. The number of ketones is 1. The van der Waals surface area contributed by atoms with E-state index in [4.69, 9.17) is 4.74 Å². The average Bonchev–Trinajstić information content (AvgIpc) is 3.12. The standard InChI is InChI=1S/C21H22N2O5S/c1-23(29(2,26)27)17-10-7-15(8-11-17)20(24)14-28-21(25)12-9-16-13-22-19-6-4-3-5-18(16)19/h3-8,10-11,13,22H,9,12,14H2,1-2H3. The molecule has 8 heteroatoms. The SMILES string of the molecule is CN(c1ccc(C(=O)COC(=O)CCc2c[nH]c3ccccc23)cc1)S(C)(=O)=O. The van der Waals surface area contributed by atoms with E-state index in [0.29, 0.717) is 17.7 Å². The Morgan fingerprint density at radius 1 is 1.07 bits per heavy atom. The molecule has 0 saturated heterocycles. The van der Waals surface area contributed by atoms with Gasteiger partial charge in [-0.1, -0.05) is 18.2 Å². The largest absolute Gasteiger partial charge is 0.457 e. The second-order valence-electron chi connectivity index (χ2n) is 6.72. The number of nitrogens with one attached hydrogen (secondary N) is 1. The Kier molecular flexibility index (Phi) is 6.03. The summed E-state index contributed by atoms with van der Waals surface area (Å²) in [7, 11) is -1.94. The number of carbonyl (C=O) groups excluding carboxylic acids is 2. The zero-order valence-corrected chi connectivity index (χ0v) is 17.0. The molecule has 3 rings (SSSR count). The van der Waals surface area contributed by atoms with Gasteiger partial charge in [-0.3, -0.25) is 13.9 Å². The molecule has 1 N–H and O–H groups in total. The van der Waals surface area contributed by atoms with E-state index in [1.54, 1.807) is 0 Å². The van der Waals surface area contributed by atoms with E-state index in [0.717, 1.165) is 27.0 Å². The van der Waals surface area contributed by atoms with E-state index in [2.05, 4.69) is 4.98 Å². The predicted molar refractivity (Wildman–Crippen MR) is 112 cm³/mol. The zero-order chi connectivity index (χ0) is 21.0. The van der Waals surface area contributed by atoms with Crippen LogP contribution in [0.15, 0.2) is 54.7 Å². The molecule has 1 heterocycles. The molecule has 0 atom stereocenters. The Labute approximate surface area is 169 Å². The Balaban J connectivity index is 1.51. The van der Waals surface area contributed by atoms with Crippen LogP contribution >= 0.6 is 0 Å². The van der Waals surface area contributed by atoms with Gasteiger partial charge in [0.2, 0.25) is 10.0 Å². The Bertz CT molecular complexity index is 1130. The van der Waals surface area contributed by atoms with Crippen molar-refractivity contribution in [1.29, 1.82) is 0 Å². The second-order valence-corrected chi connectivity index (χ2v) is 8.73. The first kappa shape index (κ1) is 20.6. The van der Waals surface area contributed by atoms with Crippen molar-refractivity contribution in [3.8, 4) is 0 Å². The van der Waals surface area contributed by atoms with Crippen molar-refractivity contribution in [2.75, 3.05) is 24.2 Å². The summed E-state index contributed by atoms with van der Waals surface area (Å²) in [5, 5.41) is 1.07. The molecule has 0 fully saturated rings. The number of hydrogen-bond acceptors (Lipinski definition) is 5. The van der Waals surface area contributed by atoms with Gasteiger partial charge in [0.05, 0.1) is 11.9 Å². The van der Waals surface area contributed by atoms with Gasteiger partial charge in [-0.15, -0.1) is 0 Å². The van der Waals surface area contributed by atoms with Gasteiger partial charge in [-0.2, -0.15) is 0 Å². The number of esters is 1. The lowest BCUT2D eigenvalue weighted by Crippen LogP contribution is -2.24. The zero-order valence-electron chi connectivity index (χ0n) is 16.2. The number of benzene rings is 2. The molecule has 2 aromatic carbocycles. The van der Waals surface area contributed by atoms with Gasteiger partial charge in [0.15, 0.2) is 12.4 Å². The van der Waals surface area contributed by atoms with Crippen LogP contribution in [-0.2, 0) is 26.0 Å². The van der Waals surface area contributed by atoms with Crippen LogP contribution in [0.4, 0.5) is 5.69 Å². The summed E-state index contributed by atoms with van der Waals surface area (Å²) in [5.74, 6) is -0.795. The Morgan fingerprint density at radius 3 is 2.45 bits per heavy atom. The fourth-order valence-corrected chi connectivity index (χ4v) is 3.43. The molecule has 0 spiro atoms. The number of sulfonamides is 1. The summed E-state index contributed by atoms with van der Waals surface area (Å²) in [6.07, 6.45) is 3.66. The molecule has 0 unspecified atom stereocenters.